The molecule has 2 N–H and O–H groups in total. The van der Waals surface area contributed by atoms with E-state index in [0.717, 1.165) is 63.0 Å². The smallest absolute Gasteiger partial charge is 0.341 e. The molecule has 0 saturated carbocycles. The Bertz CT molecular complexity index is 1370. The SMILES string of the molecule is CCCCCCCCc1ccc2c(c1)C(=O)OCC(C)(C)[C@]1(O)O[C@@H](C/C(=C\C(=O)OC)[C@@H]1OC(=O)CCCCCCC)C[C@H](CO)OC(=O)CCO2. The standard InChI is InChI=1S/C41H62O12/c1-6-8-10-12-14-15-17-29-19-20-34-33(23-29)39(46)50-28-40(3,4)41(47)38(52-35(43)18-16-13-11-9-7-2)30(25-37(45)48-5)24-31(53-41)26-32(27-42)51-36(44)21-22-49-34/h19-20,23,25,31-32,38,42,47H,6-18,21-22,24,26-28H2,1-5H3/b30-25+/t31-,32+,38-,41+/m0/s1. The molecule has 298 valence electrons. The van der Waals surface area contributed by atoms with E-state index in [9.17, 15) is 29.4 Å². The van der Waals surface area contributed by atoms with Crippen molar-refractivity contribution in [2.24, 2.45) is 5.41 Å². The number of ether oxygens (including phenoxy) is 6. The largest absolute Gasteiger partial charge is 0.492 e. The summed E-state index contributed by atoms with van der Waals surface area (Å²) in [5, 5.41) is 22.8. The molecule has 2 bridgehead atoms. The number of hydrogen-bond donors (Lipinski definition) is 2. The maximum Gasteiger partial charge on any atom is 0.341 e. The van der Waals surface area contributed by atoms with Gasteiger partial charge in [0.25, 0.3) is 0 Å². The van der Waals surface area contributed by atoms with Gasteiger partial charge in [-0.3, -0.25) is 9.59 Å². The van der Waals surface area contributed by atoms with Crippen LogP contribution in [0.1, 0.15) is 140 Å². The topological polar surface area (TPSA) is 164 Å². The first kappa shape index (κ1) is 43.9. The van der Waals surface area contributed by atoms with Crippen LogP contribution in [-0.2, 0) is 44.5 Å². The van der Waals surface area contributed by atoms with Crippen molar-refractivity contribution in [1.82, 2.24) is 0 Å². The summed E-state index contributed by atoms with van der Waals surface area (Å²) in [7, 11) is 1.20. The van der Waals surface area contributed by atoms with Crippen LogP contribution in [-0.4, -0.2) is 85.1 Å². The number of aliphatic hydroxyl groups is 2. The molecule has 0 radical (unpaired) electrons. The van der Waals surface area contributed by atoms with Crippen LogP contribution < -0.4 is 4.74 Å². The summed E-state index contributed by atoms with van der Waals surface area (Å²) in [4.78, 5) is 52.6. The third kappa shape index (κ3) is 13.4. The predicted molar refractivity (Wildman–Crippen MR) is 197 cm³/mol. The normalized spacial score (nSPS) is 24.4. The van der Waals surface area contributed by atoms with E-state index in [2.05, 4.69) is 13.8 Å². The number of rotatable bonds is 16. The number of carbonyl (C=O) groups excluding carboxylic acids is 4. The zero-order valence-corrected chi connectivity index (χ0v) is 32.5. The number of methoxy groups -OCH3 is 1. The molecule has 1 aromatic carbocycles. The Hall–Kier alpha value is -3.48. The van der Waals surface area contributed by atoms with Crippen molar-refractivity contribution in [2.75, 3.05) is 26.9 Å². The Kier molecular flexibility index (Phi) is 18.3. The second-order valence-electron chi connectivity index (χ2n) is 14.9. The number of aryl methyl sites for hydroxylation is 1. The molecule has 0 aliphatic carbocycles. The molecule has 1 fully saturated rings. The lowest BCUT2D eigenvalue weighted by molar-refractivity contribution is -0.340. The highest BCUT2D eigenvalue weighted by Gasteiger charge is 2.59. The number of aliphatic hydroxyl groups excluding tert-OH is 1. The van der Waals surface area contributed by atoms with Crippen LogP contribution in [0.3, 0.4) is 0 Å². The van der Waals surface area contributed by atoms with E-state index in [1.54, 1.807) is 26.0 Å². The maximum atomic E-state index is 13.8. The number of carbonyl (C=O) groups is 4. The van der Waals surface area contributed by atoms with Crippen LogP contribution in [0.2, 0.25) is 0 Å². The monoisotopic (exact) mass is 746 g/mol. The summed E-state index contributed by atoms with van der Waals surface area (Å²) < 4.78 is 34.5. The van der Waals surface area contributed by atoms with Gasteiger partial charge in [0.2, 0.25) is 5.79 Å². The second-order valence-corrected chi connectivity index (χ2v) is 14.9. The fraction of sp³-hybridized carbons (Fsp3) is 0.707. The molecule has 1 aromatic rings. The number of fused-ring (bicyclic) bond motifs is 3. The predicted octanol–water partition coefficient (Wildman–Crippen LogP) is 6.70. The molecular formula is C41H62O12. The molecule has 1 saturated heterocycles. The molecular weight excluding hydrogens is 684 g/mol. The highest BCUT2D eigenvalue weighted by molar-refractivity contribution is 5.92. The molecule has 53 heavy (non-hydrogen) atoms. The number of benzene rings is 1. The molecule has 0 amide bonds. The van der Waals surface area contributed by atoms with Gasteiger partial charge in [0.05, 0.1) is 38.3 Å². The number of cyclic esters (lactones) is 2. The maximum absolute atomic E-state index is 13.8. The van der Waals surface area contributed by atoms with Gasteiger partial charge in [-0.15, -0.1) is 0 Å². The third-order valence-electron chi connectivity index (χ3n) is 9.95. The minimum atomic E-state index is -2.35. The lowest BCUT2D eigenvalue weighted by Gasteiger charge is -2.51. The molecule has 3 rings (SSSR count). The van der Waals surface area contributed by atoms with E-state index < -0.39 is 60.0 Å². The molecule has 2 aliphatic heterocycles. The van der Waals surface area contributed by atoms with Crippen molar-refractivity contribution < 1.29 is 57.8 Å². The number of hydrogen-bond acceptors (Lipinski definition) is 12. The average molecular weight is 747 g/mol. The molecule has 2 heterocycles. The van der Waals surface area contributed by atoms with Crippen LogP contribution in [0, 0.1) is 5.41 Å². The Balaban J connectivity index is 1.99. The highest BCUT2D eigenvalue weighted by atomic mass is 16.7. The first-order chi connectivity index (χ1) is 25.4. The van der Waals surface area contributed by atoms with Crippen molar-refractivity contribution in [3.8, 4) is 5.75 Å². The second kappa shape index (κ2) is 22.0. The first-order valence-electron chi connectivity index (χ1n) is 19.5. The van der Waals surface area contributed by atoms with Gasteiger partial charge in [-0.2, -0.15) is 0 Å². The zero-order chi connectivity index (χ0) is 38.9. The number of esters is 4. The van der Waals surface area contributed by atoms with Crippen molar-refractivity contribution in [3.05, 3.63) is 41.0 Å². The molecule has 0 unspecified atom stereocenters. The fourth-order valence-corrected chi connectivity index (χ4v) is 6.69. The average Bonchev–Trinajstić information content (AvgIpc) is 3.13. The molecule has 0 aromatic heterocycles. The molecule has 12 nitrogen and oxygen atoms in total. The van der Waals surface area contributed by atoms with E-state index in [0.29, 0.717) is 6.42 Å². The minimum Gasteiger partial charge on any atom is -0.492 e. The Morgan fingerprint density at radius 1 is 0.962 bits per heavy atom. The summed E-state index contributed by atoms with van der Waals surface area (Å²) in [6.45, 7) is 6.47. The Labute approximate surface area is 314 Å². The lowest BCUT2D eigenvalue weighted by Crippen LogP contribution is -2.63. The quantitative estimate of drug-likeness (QED) is 0.0798. The molecule has 4 atom stereocenters. The minimum absolute atomic E-state index is 0.0202. The Morgan fingerprint density at radius 3 is 2.32 bits per heavy atom. The molecule has 12 heteroatoms. The van der Waals surface area contributed by atoms with Gasteiger partial charge in [-0.25, -0.2) is 9.59 Å². The van der Waals surface area contributed by atoms with E-state index in [-0.39, 0.29) is 55.8 Å². The van der Waals surface area contributed by atoms with Gasteiger partial charge in [0.15, 0.2) is 6.10 Å². The zero-order valence-electron chi connectivity index (χ0n) is 32.5. The van der Waals surface area contributed by atoms with Gasteiger partial charge in [0, 0.05) is 18.9 Å². The summed E-state index contributed by atoms with van der Waals surface area (Å²) in [5.74, 6) is -4.83. The van der Waals surface area contributed by atoms with E-state index in [4.69, 9.17) is 28.4 Å². The van der Waals surface area contributed by atoms with Crippen LogP contribution in [0.5, 0.6) is 5.75 Å². The van der Waals surface area contributed by atoms with Crippen molar-refractivity contribution in [1.29, 1.82) is 0 Å². The summed E-state index contributed by atoms with van der Waals surface area (Å²) in [6.07, 6.45) is 9.51. The van der Waals surface area contributed by atoms with Gasteiger partial charge < -0.3 is 38.6 Å². The molecule has 0 spiro atoms. The van der Waals surface area contributed by atoms with E-state index in [1.165, 1.54) is 26.4 Å². The van der Waals surface area contributed by atoms with Gasteiger partial charge in [-0.1, -0.05) is 91.5 Å². The van der Waals surface area contributed by atoms with Crippen molar-refractivity contribution in [3.63, 3.8) is 0 Å². The molecule has 2 aliphatic rings. The van der Waals surface area contributed by atoms with Gasteiger partial charge in [0.1, 0.15) is 24.0 Å². The van der Waals surface area contributed by atoms with Gasteiger partial charge >= 0.3 is 23.9 Å². The van der Waals surface area contributed by atoms with Gasteiger partial charge in [-0.05, 0) is 49.0 Å². The fourth-order valence-electron chi connectivity index (χ4n) is 6.69. The highest BCUT2D eigenvalue weighted by Crippen LogP contribution is 2.46. The van der Waals surface area contributed by atoms with Crippen LogP contribution in [0.25, 0.3) is 0 Å². The van der Waals surface area contributed by atoms with Crippen molar-refractivity contribution >= 4 is 23.9 Å². The van der Waals surface area contributed by atoms with Crippen LogP contribution in [0.4, 0.5) is 0 Å². The van der Waals surface area contributed by atoms with E-state index >= 15 is 0 Å². The summed E-state index contributed by atoms with van der Waals surface area (Å²) in [5.41, 5.74) is -0.168. The third-order valence-corrected chi connectivity index (χ3v) is 9.95. The number of unbranched alkanes of at least 4 members (excludes halogenated alkanes) is 9. The summed E-state index contributed by atoms with van der Waals surface area (Å²) in [6, 6.07) is 5.30. The van der Waals surface area contributed by atoms with Crippen molar-refractivity contribution in [2.45, 2.75) is 155 Å². The Morgan fingerprint density at radius 2 is 1.64 bits per heavy atom. The van der Waals surface area contributed by atoms with E-state index in [1.807, 2.05) is 6.07 Å². The van der Waals surface area contributed by atoms with Crippen LogP contribution in [0.15, 0.2) is 29.8 Å². The lowest BCUT2D eigenvalue weighted by atomic mass is 9.75. The van der Waals surface area contributed by atoms with Crippen LogP contribution >= 0.6 is 0 Å². The first-order valence-corrected chi connectivity index (χ1v) is 19.5. The summed E-state index contributed by atoms with van der Waals surface area (Å²) >= 11 is 0.